The number of nitrogens with one attached hydrogen (secondary N) is 1. The van der Waals surface area contributed by atoms with E-state index in [9.17, 15) is 18.0 Å². The van der Waals surface area contributed by atoms with Crippen molar-refractivity contribution in [2.45, 2.75) is 83.1 Å². The summed E-state index contributed by atoms with van der Waals surface area (Å²) in [7, 11) is -3.58. The summed E-state index contributed by atoms with van der Waals surface area (Å²) in [5.74, 6) is -0.365. The van der Waals surface area contributed by atoms with Gasteiger partial charge in [0.25, 0.3) is 0 Å². The molecule has 3 rings (SSSR count). The lowest BCUT2D eigenvalue weighted by atomic mass is 9.79. The number of rotatable bonds is 7. The fraction of sp³-hybridized carbons (Fsp3) is 0.680. The summed E-state index contributed by atoms with van der Waals surface area (Å²) >= 11 is 0. The number of sulfonamides is 1. The highest BCUT2D eigenvalue weighted by Gasteiger charge is 2.44. The number of nitrogens with zero attached hydrogens (tertiary/aromatic N) is 2. The fourth-order valence-corrected chi connectivity index (χ4v) is 6.64. The van der Waals surface area contributed by atoms with Gasteiger partial charge in [0.05, 0.1) is 4.90 Å². The zero-order valence-corrected chi connectivity index (χ0v) is 21.3. The molecule has 2 aliphatic rings. The first-order chi connectivity index (χ1) is 15.6. The molecule has 1 aromatic carbocycles. The van der Waals surface area contributed by atoms with Crippen molar-refractivity contribution < 1.29 is 18.0 Å². The van der Waals surface area contributed by atoms with Gasteiger partial charge in [0.1, 0.15) is 5.54 Å². The summed E-state index contributed by atoms with van der Waals surface area (Å²) in [5.41, 5.74) is 1.19. The first-order valence-corrected chi connectivity index (χ1v) is 13.8. The predicted octanol–water partition coefficient (Wildman–Crippen LogP) is 3.39. The van der Waals surface area contributed by atoms with Crippen LogP contribution in [0.25, 0.3) is 0 Å². The maximum Gasteiger partial charge on any atom is 0.248 e. The number of aryl methyl sites for hydroxylation is 2. The minimum Gasteiger partial charge on any atom is -0.341 e. The Morgan fingerprint density at radius 1 is 1.03 bits per heavy atom. The highest BCUT2D eigenvalue weighted by Crippen LogP contribution is 2.32. The topological polar surface area (TPSA) is 86.8 Å². The van der Waals surface area contributed by atoms with Crippen LogP contribution in [0.15, 0.2) is 23.1 Å². The Kier molecular flexibility index (Phi) is 8.22. The summed E-state index contributed by atoms with van der Waals surface area (Å²) < 4.78 is 27.7. The molecule has 2 fully saturated rings. The zero-order valence-electron chi connectivity index (χ0n) is 20.5. The first-order valence-electron chi connectivity index (χ1n) is 12.3. The third kappa shape index (κ3) is 5.43. The zero-order chi connectivity index (χ0) is 24.2. The number of carbonyl (C=O) groups excluding carboxylic acids is 2. The van der Waals surface area contributed by atoms with E-state index in [4.69, 9.17) is 0 Å². The van der Waals surface area contributed by atoms with Crippen LogP contribution in [-0.2, 0) is 19.6 Å². The highest BCUT2D eigenvalue weighted by atomic mass is 32.2. The van der Waals surface area contributed by atoms with Crippen LogP contribution < -0.4 is 5.32 Å². The van der Waals surface area contributed by atoms with Gasteiger partial charge in [-0.1, -0.05) is 25.3 Å². The van der Waals surface area contributed by atoms with E-state index in [1.807, 2.05) is 38.7 Å². The second-order valence-electron chi connectivity index (χ2n) is 9.53. The monoisotopic (exact) mass is 477 g/mol. The average molecular weight is 478 g/mol. The Morgan fingerprint density at radius 2 is 1.64 bits per heavy atom. The summed E-state index contributed by atoms with van der Waals surface area (Å²) in [6, 6.07) is 5.20. The van der Waals surface area contributed by atoms with E-state index >= 15 is 0 Å². The molecule has 0 atom stereocenters. The Hall–Kier alpha value is -1.93. The SMILES string of the molecule is CCN(CC)C(=O)C1(NC(=O)C2CCN(S(=O)(=O)c3ccc(C)c(C)c3)CC2)CCCCC1. The summed E-state index contributed by atoms with van der Waals surface area (Å²) in [5, 5.41) is 3.15. The maximum absolute atomic E-state index is 13.3. The smallest absolute Gasteiger partial charge is 0.248 e. The molecule has 0 aromatic heterocycles. The Balaban J connectivity index is 1.67. The highest BCUT2D eigenvalue weighted by molar-refractivity contribution is 7.89. The van der Waals surface area contributed by atoms with E-state index in [1.165, 1.54) is 4.31 Å². The molecular weight excluding hydrogens is 438 g/mol. The van der Waals surface area contributed by atoms with Crippen molar-refractivity contribution in [1.29, 1.82) is 0 Å². The van der Waals surface area contributed by atoms with Crippen molar-refractivity contribution >= 4 is 21.8 Å². The van der Waals surface area contributed by atoms with Gasteiger partial charge in [-0.05, 0) is 76.6 Å². The molecule has 8 heteroatoms. The number of amides is 2. The van der Waals surface area contributed by atoms with Crippen molar-refractivity contribution in [1.82, 2.24) is 14.5 Å². The fourth-order valence-electron chi connectivity index (χ4n) is 5.08. The molecule has 0 radical (unpaired) electrons. The largest absolute Gasteiger partial charge is 0.341 e. The minimum atomic E-state index is -3.58. The van der Waals surface area contributed by atoms with Gasteiger partial charge in [0.15, 0.2) is 0 Å². The van der Waals surface area contributed by atoms with E-state index in [0.717, 1.165) is 30.4 Å². The van der Waals surface area contributed by atoms with Crippen molar-refractivity contribution in [3.05, 3.63) is 29.3 Å². The van der Waals surface area contributed by atoms with E-state index in [1.54, 1.807) is 12.1 Å². The summed E-state index contributed by atoms with van der Waals surface area (Å²) in [6.45, 7) is 9.67. The number of hydrogen-bond donors (Lipinski definition) is 1. The van der Waals surface area contributed by atoms with Crippen LogP contribution in [0.4, 0.5) is 0 Å². The number of piperidine rings is 1. The second kappa shape index (κ2) is 10.6. The van der Waals surface area contributed by atoms with Crippen LogP contribution >= 0.6 is 0 Å². The van der Waals surface area contributed by atoms with Crippen molar-refractivity contribution in [3.63, 3.8) is 0 Å². The molecule has 33 heavy (non-hydrogen) atoms. The number of benzene rings is 1. The van der Waals surface area contributed by atoms with Crippen molar-refractivity contribution in [2.24, 2.45) is 5.92 Å². The lowest BCUT2D eigenvalue weighted by Crippen LogP contribution is -2.61. The van der Waals surface area contributed by atoms with Gasteiger partial charge in [-0.25, -0.2) is 8.42 Å². The molecule has 2 amide bonds. The third-order valence-electron chi connectivity index (χ3n) is 7.47. The van der Waals surface area contributed by atoms with Crippen LogP contribution in [-0.4, -0.2) is 61.2 Å². The number of hydrogen-bond acceptors (Lipinski definition) is 4. The number of carbonyl (C=O) groups is 2. The van der Waals surface area contributed by atoms with Crippen molar-refractivity contribution in [3.8, 4) is 0 Å². The van der Waals surface area contributed by atoms with Gasteiger partial charge in [-0.15, -0.1) is 0 Å². The van der Waals surface area contributed by atoms with Gasteiger partial charge in [-0.2, -0.15) is 4.31 Å². The van der Waals surface area contributed by atoms with Crippen molar-refractivity contribution in [2.75, 3.05) is 26.2 Å². The van der Waals surface area contributed by atoms with E-state index in [-0.39, 0.29) is 17.7 Å². The van der Waals surface area contributed by atoms with Crippen LogP contribution in [0.3, 0.4) is 0 Å². The van der Waals surface area contributed by atoms with E-state index in [0.29, 0.717) is 56.8 Å². The molecule has 1 aliphatic carbocycles. The van der Waals surface area contributed by atoms with Crippen LogP contribution in [0, 0.1) is 19.8 Å². The van der Waals surface area contributed by atoms with E-state index < -0.39 is 15.6 Å². The molecule has 1 aliphatic heterocycles. The second-order valence-corrected chi connectivity index (χ2v) is 11.5. The van der Waals surface area contributed by atoms with Crippen LogP contribution in [0.2, 0.25) is 0 Å². The number of likely N-dealkylation sites (N-methyl/N-ethyl adjacent to an activating group) is 1. The lowest BCUT2D eigenvalue weighted by molar-refractivity contribution is -0.144. The molecule has 1 aromatic rings. The molecule has 1 N–H and O–H groups in total. The molecular formula is C25H39N3O4S. The van der Waals surface area contributed by atoms with Gasteiger partial charge < -0.3 is 10.2 Å². The first kappa shape index (κ1) is 25.7. The Bertz CT molecular complexity index is 958. The molecule has 1 saturated heterocycles. The average Bonchev–Trinajstić information content (AvgIpc) is 2.82. The van der Waals surface area contributed by atoms with Gasteiger partial charge >= 0.3 is 0 Å². The molecule has 1 saturated carbocycles. The molecule has 0 spiro atoms. The lowest BCUT2D eigenvalue weighted by Gasteiger charge is -2.41. The van der Waals surface area contributed by atoms with Gasteiger partial charge in [-0.3, -0.25) is 9.59 Å². The molecule has 184 valence electrons. The van der Waals surface area contributed by atoms with Crippen LogP contribution in [0.1, 0.15) is 69.9 Å². The minimum absolute atomic E-state index is 0.0234. The molecule has 0 unspecified atom stereocenters. The van der Waals surface area contributed by atoms with Crippen LogP contribution in [0.5, 0.6) is 0 Å². The molecule has 7 nitrogen and oxygen atoms in total. The predicted molar refractivity (Wildman–Crippen MR) is 129 cm³/mol. The van der Waals surface area contributed by atoms with E-state index in [2.05, 4.69) is 5.32 Å². The molecule has 0 bridgehead atoms. The van der Waals surface area contributed by atoms with Gasteiger partial charge in [0.2, 0.25) is 21.8 Å². The normalized spacial score (nSPS) is 19.8. The Labute approximate surface area is 199 Å². The third-order valence-corrected chi connectivity index (χ3v) is 9.37. The quantitative estimate of drug-likeness (QED) is 0.652. The summed E-state index contributed by atoms with van der Waals surface area (Å²) in [6.07, 6.45) is 5.22. The molecule has 1 heterocycles. The maximum atomic E-state index is 13.3. The standard InChI is InChI=1S/C25H39N3O4S/c1-5-27(6-2)24(30)25(14-8-7-9-15-25)26-23(29)21-12-16-28(17-13-21)33(31,32)22-11-10-19(3)20(4)18-22/h10-11,18,21H,5-9,12-17H2,1-4H3,(H,26,29). The Morgan fingerprint density at radius 3 is 2.18 bits per heavy atom. The summed E-state index contributed by atoms with van der Waals surface area (Å²) in [4.78, 5) is 28.7. The van der Waals surface area contributed by atoms with Gasteiger partial charge in [0, 0.05) is 32.1 Å².